The lowest BCUT2D eigenvalue weighted by Gasteiger charge is -2.07. The van der Waals surface area contributed by atoms with Crippen molar-refractivity contribution in [3.63, 3.8) is 0 Å². The van der Waals surface area contributed by atoms with Gasteiger partial charge in [-0.15, -0.1) is 11.3 Å². The number of anilines is 1. The van der Waals surface area contributed by atoms with Gasteiger partial charge in [-0.2, -0.15) is 5.10 Å². The van der Waals surface area contributed by atoms with Crippen molar-refractivity contribution in [1.29, 1.82) is 0 Å². The molecule has 0 aromatic carbocycles. The fourth-order valence-electron chi connectivity index (χ4n) is 2.16. The first-order valence-corrected chi connectivity index (χ1v) is 7.61. The summed E-state index contributed by atoms with van der Waals surface area (Å²) in [7, 11) is 1.86. The van der Waals surface area contributed by atoms with Crippen LogP contribution in [0.3, 0.4) is 0 Å². The van der Waals surface area contributed by atoms with Crippen molar-refractivity contribution >= 4 is 22.4 Å². The van der Waals surface area contributed by atoms with Crippen LogP contribution in [-0.4, -0.2) is 25.7 Å². The molecule has 0 saturated carbocycles. The molecule has 3 aromatic heterocycles. The molecule has 3 aromatic rings. The van der Waals surface area contributed by atoms with Gasteiger partial charge in [-0.25, -0.2) is 9.97 Å². The highest BCUT2D eigenvalue weighted by atomic mass is 32.1. The van der Waals surface area contributed by atoms with Gasteiger partial charge < -0.3 is 0 Å². The maximum absolute atomic E-state index is 12.4. The van der Waals surface area contributed by atoms with Gasteiger partial charge in [-0.05, 0) is 32.0 Å². The SMILES string of the molecule is Cc1cc(-c2ccnn2C)cc(C(=O)Nc2nc(C)cs2)n1. The Bertz CT molecular complexity index is 836. The molecule has 3 rings (SSSR count). The molecule has 7 heteroatoms. The van der Waals surface area contributed by atoms with Gasteiger partial charge in [0.1, 0.15) is 5.69 Å². The summed E-state index contributed by atoms with van der Waals surface area (Å²) in [5, 5.41) is 9.40. The topological polar surface area (TPSA) is 72.7 Å². The Morgan fingerprint density at radius 1 is 1.23 bits per heavy atom. The van der Waals surface area contributed by atoms with Crippen molar-refractivity contribution < 1.29 is 4.79 Å². The summed E-state index contributed by atoms with van der Waals surface area (Å²) in [5.41, 5.74) is 3.87. The van der Waals surface area contributed by atoms with Crippen molar-refractivity contribution in [2.24, 2.45) is 7.05 Å². The summed E-state index contributed by atoms with van der Waals surface area (Å²) in [6.07, 6.45) is 1.73. The molecule has 0 unspecified atom stereocenters. The summed E-state index contributed by atoms with van der Waals surface area (Å²) in [6, 6.07) is 5.60. The van der Waals surface area contributed by atoms with E-state index in [1.54, 1.807) is 16.9 Å². The third-order valence-electron chi connectivity index (χ3n) is 3.14. The number of amides is 1. The third-order valence-corrected chi connectivity index (χ3v) is 4.02. The molecule has 0 aliphatic rings. The van der Waals surface area contributed by atoms with E-state index in [-0.39, 0.29) is 5.91 Å². The Morgan fingerprint density at radius 3 is 2.68 bits per heavy atom. The quantitative estimate of drug-likeness (QED) is 0.807. The molecule has 0 aliphatic carbocycles. The fraction of sp³-hybridized carbons (Fsp3) is 0.200. The van der Waals surface area contributed by atoms with E-state index >= 15 is 0 Å². The van der Waals surface area contributed by atoms with Gasteiger partial charge in [0.15, 0.2) is 5.13 Å². The second-order valence-corrected chi connectivity index (χ2v) is 5.83. The van der Waals surface area contributed by atoms with Gasteiger partial charge in [0.05, 0.1) is 11.4 Å². The van der Waals surface area contributed by atoms with Crippen molar-refractivity contribution in [2.75, 3.05) is 5.32 Å². The highest BCUT2D eigenvalue weighted by Crippen LogP contribution is 2.21. The Labute approximate surface area is 131 Å². The number of pyridine rings is 1. The molecule has 1 N–H and O–H groups in total. The smallest absolute Gasteiger partial charge is 0.276 e. The van der Waals surface area contributed by atoms with Gasteiger partial charge in [-0.1, -0.05) is 0 Å². The van der Waals surface area contributed by atoms with E-state index in [0.717, 1.165) is 22.6 Å². The van der Waals surface area contributed by atoms with Crippen LogP contribution in [0.4, 0.5) is 5.13 Å². The van der Waals surface area contributed by atoms with Crippen molar-refractivity contribution in [3.05, 3.63) is 46.9 Å². The highest BCUT2D eigenvalue weighted by molar-refractivity contribution is 7.13. The standard InChI is InChI=1S/C15H15N5OS/c1-9-6-11(13-4-5-16-20(13)3)7-12(17-9)14(21)19-15-18-10(2)8-22-15/h4-8H,1-3H3,(H,18,19,21). The van der Waals surface area contributed by atoms with Crippen molar-refractivity contribution in [2.45, 2.75) is 13.8 Å². The zero-order valence-corrected chi connectivity index (χ0v) is 13.3. The molecule has 22 heavy (non-hydrogen) atoms. The molecule has 3 heterocycles. The number of rotatable bonds is 3. The number of thiazole rings is 1. The number of nitrogens with one attached hydrogen (secondary N) is 1. The largest absolute Gasteiger partial charge is 0.296 e. The Hall–Kier alpha value is -2.54. The van der Waals surface area contributed by atoms with Crippen LogP contribution in [0, 0.1) is 13.8 Å². The van der Waals surface area contributed by atoms with Crippen molar-refractivity contribution in [1.82, 2.24) is 19.7 Å². The summed E-state index contributed by atoms with van der Waals surface area (Å²) in [6.45, 7) is 3.75. The maximum atomic E-state index is 12.4. The lowest BCUT2D eigenvalue weighted by Crippen LogP contribution is -2.14. The lowest BCUT2D eigenvalue weighted by atomic mass is 10.1. The second-order valence-electron chi connectivity index (χ2n) is 4.97. The van der Waals surface area contributed by atoms with E-state index in [4.69, 9.17) is 0 Å². The lowest BCUT2D eigenvalue weighted by molar-refractivity contribution is 0.102. The van der Waals surface area contributed by atoms with E-state index in [0.29, 0.717) is 10.8 Å². The first-order chi connectivity index (χ1) is 10.5. The van der Waals surface area contributed by atoms with Crippen LogP contribution >= 0.6 is 11.3 Å². The Kier molecular flexibility index (Phi) is 3.72. The summed E-state index contributed by atoms with van der Waals surface area (Å²) < 4.78 is 1.76. The number of aryl methyl sites for hydroxylation is 3. The van der Waals surface area contributed by atoms with Crippen LogP contribution in [0.1, 0.15) is 21.9 Å². The summed E-state index contributed by atoms with van der Waals surface area (Å²) >= 11 is 1.40. The molecule has 0 spiro atoms. The number of aromatic nitrogens is 4. The molecular weight excluding hydrogens is 298 g/mol. The normalized spacial score (nSPS) is 10.7. The van der Waals surface area contributed by atoms with E-state index in [9.17, 15) is 4.79 Å². The molecule has 0 aliphatic heterocycles. The van der Waals surface area contributed by atoms with Crippen LogP contribution in [0.15, 0.2) is 29.8 Å². The summed E-state index contributed by atoms with van der Waals surface area (Å²) in [4.78, 5) is 20.9. The minimum absolute atomic E-state index is 0.263. The molecular formula is C15H15N5OS. The second kappa shape index (κ2) is 5.69. The van der Waals surface area contributed by atoms with E-state index in [1.165, 1.54) is 11.3 Å². The number of carbonyl (C=O) groups is 1. The zero-order chi connectivity index (χ0) is 15.7. The van der Waals surface area contributed by atoms with Gasteiger partial charge in [0.2, 0.25) is 0 Å². The highest BCUT2D eigenvalue weighted by Gasteiger charge is 2.13. The number of nitrogens with zero attached hydrogens (tertiary/aromatic N) is 4. The molecule has 0 saturated heterocycles. The predicted molar refractivity (Wildman–Crippen MR) is 86.0 cm³/mol. The van der Waals surface area contributed by atoms with Crippen LogP contribution < -0.4 is 5.32 Å². The van der Waals surface area contributed by atoms with Crippen LogP contribution in [0.5, 0.6) is 0 Å². The van der Waals surface area contributed by atoms with E-state index in [2.05, 4.69) is 20.4 Å². The van der Waals surface area contributed by atoms with Crippen LogP contribution in [0.25, 0.3) is 11.3 Å². The van der Waals surface area contributed by atoms with Crippen molar-refractivity contribution in [3.8, 4) is 11.3 Å². The van der Waals surface area contributed by atoms with Gasteiger partial charge in [0.25, 0.3) is 5.91 Å². The Balaban J connectivity index is 1.92. The average molecular weight is 313 g/mol. The minimum Gasteiger partial charge on any atom is -0.296 e. The number of carbonyl (C=O) groups excluding carboxylic acids is 1. The van der Waals surface area contributed by atoms with Gasteiger partial charge in [0, 0.05) is 29.9 Å². The van der Waals surface area contributed by atoms with Crippen LogP contribution in [-0.2, 0) is 7.05 Å². The zero-order valence-electron chi connectivity index (χ0n) is 12.5. The molecule has 112 valence electrons. The molecule has 0 atom stereocenters. The Morgan fingerprint density at radius 2 is 2.05 bits per heavy atom. The van der Waals surface area contributed by atoms with Gasteiger partial charge in [-0.3, -0.25) is 14.8 Å². The first kappa shape index (κ1) is 14.4. The average Bonchev–Trinajstić information content (AvgIpc) is 3.07. The van der Waals surface area contributed by atoms with E-state index < -0.39 is 0 Å². The summed E-state index contributed by atoms with van der Waals surface area (Å²) in [5.74, 6) is -0.263. The number of hydrogen-bond acceptors (Lipinski definition) is 5. The molecule has 1 amide bonds. The minimum atomic E-state index is -0.263. The predicted octanol–water partition coefficient (Wildman–Crippen LogP) is 2.81. The first-order valence-electron chi connectivity index (χ1n) is 6.73. The van der Waals surface area contributed by atoms with Gasteiger partial charge >= 0.3 is 0 Å². The monoisotopic (exact) mass is 313 g/mol. The molecule has 0 radical (unpaired) electrons. The fourth-order valence-corrected chi connectivity index (χ4v) is 2.85. The molecule has 6 nitrogen and oxygen atoms in total. The molecule has 0 fully saturated rings. The number of hydrogen-bond donors (Lipinski definition) is 1. The third kappa shape index (κ3) is 2.89. The maximum Gasteiger partial charge on any atom is 0.276 e. The molecule has 0 bridgehead atoms. The van der Waals surface area contributed by atoms with E-state index in [1.807, 2.05) is 38.4 Å². The van der Waals surface area contributed by atoms with Crippen LogP contribution in [0.2, 0.25) is 0 Å².